The van der Waals surface area contributed by atoms with Crippen molar-refractivity contribution in [3.05, 3.63) is 35.0 Å². The first-order valence-corrected chi connectivity index (χ1v) is 7.35. The molecule has 21 heavy (non-hydrogen) atoms. The van der Waals surface area contributed by atoms with Gasteiger partial charge in [-0.15, -0.1) is 0 Å². The van der Waals surface area contributed by atoms with Crippen LogP contribution in [0.25, 0.3) is 0 Å². The topological polar surface area (TPSA) is 55.6 Å². The van der Waals surface area contributed by atoms with Crippen molar-refractivity contribution in [1.82, 2.24) is 19.7 Å². The summed E-state index contributed by atoms with van der Waals surface area (Å²) in [4.78, 5) is 8.93. The lowest BCUT2D eigenvalue weighted by molar-refractivity contribution is 0.546. The van der Waals surface area contributed by atoms with E-state index in [0.29, 0.717) is 0 Å². The maximum Gasteiger partial charge on any atom is 0.135 e. The smallest absolute Gasteiger partial charge is 0.135 e. The van der Waals surface area contributed by atoms with E-state index in [2.05, 4.69) is 55.0 Å². The summed E-state index contributed by atoms with van der Waals surface area (Å²) in [6, 6.07) is 1.91. The molecule has 0 spiro atoms. The number of anilines is 1. The molecule has 2 rings (SSSR count). The highest BCUT2D eigenvalue weighted by atomic mass is 15.3. The van der Waals surface area contributed by atoms with E-state index in [1.807, 2.05) is 24.0 Å². The molecule has 2 aromatic heterocycles. The molecule has 0 atom stereocenters. The van der Waals surface area contributed by atoms with Crippen molar-refractivity contribution in [2.75, 3.05) is 11.9 Å². The number of aromatic nitrogens is 4. The van der Waals surface area contributed by atoms with E-state index < -0.39 is 0 Å². The molecule has 114 valence electrons. The first-order chi connectivity index (χ1) is 9.79. The molecule has 0 bridgehead atoms. The van der Waals surface area contributed by atoms with E-state index in [9.17, 15) is 0 Å². The van der Waals surface area contributed by atoms with Crippen molar-refractivity contribution in [3.8, 4) is 0 Å². The Morgan fingerprint density at radius 1 is 1.24 bits per heavy atom. The molecular weight excluding hydrogens is 262 g/mol. The summed E-state index contributed by atoms with van der Waals surface area (Å²) in [7, 11) is 1.99. The Labute approximate surface area is 126 Å². The van der Waals surface area contributed by atoms with Crippen LogP contribution in [0.4, 0.5) is 5.82 Å². The molecule has 0 saturated carbocycles. The molecule has 0 aliphatic carbocycles. The van der Waals surface area contributed by atoms with E-state index in [4.69, 9.17) is 0 Å². The average Bonchev–Trinajstić information content (AvgIpc) is 2.64. The Morgan fingerprint density at radius 2 is 1.95 bits per heavy atom. The Bertz CT molecular complexity index is 622. The van der Waals surface area contributed by atoms with Crippen LogP contribution in [0.5, 0.6) is 0 Å². The highest BCUT2D eigenvalue weighted by molar-refractivity contribution is 5.35. The zero-order valence-corrected chi connectivity index (χ0v) is 13.9. The standard InChI is InChI=1S/C16H25N5/c1-11-13(12(2)21(6)20-11)7-9-17-14-8-10-18-15(19-14)16(3,4)5/h8,10H,7,9H2,1-6H3,(H,17,18,19). The molecule has 0 aliphatic rings. The molecule has 0 fully saturated rings. The minimum atomic E-state index is -0.0335. The number of nitrogens with zero attached hydrogens (tertiary/aromatic N) is 4. The van der Waals surface area contributed by atoms with Crippen molar-refractivity contribution >= 4 is 5.82 Å². The van der Waals surface area contributed by atoms with Gasteiger partial charge in [0.25, 0.3) is 0 Å². The van der Waals surface area contributed by atoms with E-state index in [1.165, 1.54) is 11.3 Å². The van der Waals surface area contributed by atoms with Gasteiger partial charge in [-0.1, -0.05) is 20.8 Å². The molecule has 2 heterocycles. The van der Waals surface area contributed by atoms with E-state index in [-0.39, 0.29) is 5.41 Å². The predicted octanol–water partition coefficient (Wildman–Crippen LogP) is 2.78. The second-order valence-electron chi connectivity index (χ2n) is 6.47. The maximum absolute atomic E-state index is 4.58. The van der Waals surface area contributed by atoms with Crippen molar-refractivity contribution in [1.29, 1.82) is 0 Å². The molecule has 0 aliphatic heterocycles. The van der Waals surface area contributed by atoms with Gasteiger partial charge < -0.3 is 5.32 Å². The summed E-state index contributed by atoms with van der Waals surface area (Å²) in [6.45, 7) is 11.4. The van der Waals surface area contributed by atoms with Crippen LogP contribution >= 0.6 is 0 Å². The number of rotatable bonds is 4. The van der Waals surface area contributed by atoms with Crippen molar-refractivity contribution in [2.45, 2.75) is 46.5 Å². The van der Waals surface area contributed by atoms with Crippen LogP contribution in [0.1, 0.15) is 43.5 Å². The van der Waals surface area contributed by atoms with Crippen molar-refractivity contribution in [2.24, 2.45) is 7.05 Å². The summed E-state index contributed by atoms with van der Waals surface area (Å²) in [5, 5.41) is 7.83. The van der Waals surface area contributed by atoms with E-state index in [1.54, 1.807) is 0 Å². The fourth-order valence-corrected chi connectivity index (χ4v) is 2.31. The summed E-state index contributed by atoms with van der Waals surface area (Å²) < 4.78 is 1.94. The van der Waals surface area contributed by atoms with Crippen LogP contribution in [0.15, 0.2) is 12.3 Å². The third-order valence-electron chi connectivity index (χ3n) is 3.67. The first kappa shape index (κ1) is 15.5. The summed E-state index contributed by atoms with van der Waals surface area (Å²) in [5.41, 5.74) is 3.62. The lowest BCUT2D eigenvalue weighted by atomic mass is 9.96. The number of hydrogen-bond acceptors (Lipinski definition) is 4. The molecule has 0 amide bonds. The van der Waals surface area contributed by atoms with Crippen LogP contribution in [-0.2, 0) is 18.9 Å². The molecule has 5 heteroatoms. The third kappa shape index (κ3) is 3.60. The van der Waals surface area contributed by atoms with Gasteiger partial charge in [0.2, 0.25) is 0 Å². The Hall–Kier alpha value is -1.91. The molecule has 0 radical (unpaired) electrons. The Kier molecular flexibility index (Phi) is 4.30. The van der Waals surface area contributed by atoms with E-state index in [0.717, 1.165) is 30.3 Å². The second-order valence-corrected chi connectivity index (χ2v) is 6.47. The minimum absolute atomic E-state index is 0.0335. The van der Waals surface area contributed by atoms with Gasteiger partial charge in [-0.25, -0.2) is 9.97 Å². The fraction of sp³-hybridized carbons (Fsp3) is 0.562. The molecule has 0 aromatic carbocycles. The number of hydrogen-bond donors (Lipinski definition) is 1. The van der Waals surface area contributed by atoms with Gasteiger partial charge >= 0.3 is 0 Å². The van der Waals surface area contributed by atoms with Crippen LogP contribution in [-0.4, -0.2) is 26.3 Å². The van der Waals surface area contributed by atoms with Gasteiger partial charge in [0.15, 0.2) is 0 Å². The highest BCUT2D eigenvalue weighted by Gasteiger charge is 2.17. The van der Waals surface area contributed by atoms with Gasteiger partial charge in [-0.3, -0.25) is 4.68 Å². The molecular formula is C16H25N5. The van der Waals surface area contributed by atoms with Gasteiger partial charge in [0, 0.05) is 30.9 Å². The van der Waals surface area contributed by atoms with Gasteiger partial charge in [0.1, 0.15) is 11.6 Å². The van der Waals surface area contributed by atoms with Crippen molar-refractivity contribution < 1.29 is 0 Å². The van der Waals surface area contributed by atoms with Crippen LogP contribution in [0.3, 0.4) is 0 Å². The van der Waals surface area contributed by atoms with Crippen molar-refractivity contribution in [3.63, 3.8) is 0 Å². The lowest BCUT2D eigenvalue weighted by Gasteiger charge is -2.17. The number of nitrogens with one attached hydrogen (secondary N) is 1. The molecule has 5 nitrogen and oxygen atoms in total. The molecule has 2 aromatic rings. The van der Waals surface area contributed by atoms with Gasteiger partial charge in [-0.05, 0) is 31.9 Å². The average molecular weight is 287 g/mol. The second kappa shape index (κ2) is 5.84. The lowest BCUT2D eigenvalue weighted by Crippen LogP contribution is -2.17. The third-order valence-corrected chi connectivity index (χ3v) is 3.67. The van der Waals surface area contributed by atoms with Crippen LogP contribution in [0, 0.1) is 13.8 Å². The zero-order chi connectivity index (χ0) is 15.6. The maximum atomic E-state index is 4.58. The fourth-order valence-electron chi connectivity index (χ4n) is 2.31. The molecule has 1 N–H and O–H groups in total. The van der Waals surface area contributed by atoms with Gasteiger partial charge in [-0.2, -0.15) is 5.10 Å². The van der Waals surface area contributed by atoms with Gasteiger partial charge in [0.05, 0.1) is 5.69 Å². The Balaban J connectivity index is 2.01. The quantitative estimate of drug-likeness (QED) is 0.939. The van der Waals surface area contributed by atoms with E-state index >= 15 is 0 Å². The largest absolute Gasteiger partial charge is 0.370 e. The zero-order valence-electron chi connectivity index (χ0n) is 13.9. The van der Waals surface area contributed by atoms with Crippen LogP contribution in [0.2, 0.25) is 0 Å². The Morgan fingerprint density at radius 3 is 2.52 bits per heavy atom. The van der Waals surface area contributed by atoms with Crippen LogP contribution < -0.4 is 5.32 Å². The summed E-state index contributed by atoms with van der Waals surface area (Å²) in [5.74, 6) is 1.75. The highest BCUT2D eigenvalue weighted by Crippen LogP contribution is 2.19. The molecule has 0 saturated heterocycles. The summed E-state index contributed by atoms with van der Waals surface area (Å²) in [6.07, 6.45) is 2.76. The monoisotopic (exact) mass is 287 g/mol. The first-order valence-electron chi connectivity index (χ1n) is 7.35. The predicted molar refractivity (Wildman–Crippen MR) is 85.6 cm³/mol. The normalized spacial score (nSPS) is 11.7. The minimum Gasteiger partial charge on any atom is -0.370 e. The number of aryl methyl sites for hydroxylation is 2. The SMILES string of the molecule is Cc1nn(C)c(C)c1CCNc1ccnc(C(C)(C)C)n1. The summed E-state index contributed by atoms with van der Waals surface area (Å²) >= 11 is 0. The molecule has 0 unspecified atom stereocenters.